The normalized spacial score (nSPS) is 11.6. The van der Waals surface area contributed by atoms with Gasteiger partial charge in [-0.25, -0.2) is 4.79 Å². The van der Waals surface area contributed by atoms with Gasteiger partial charge in [0.05, 0.1) is 12.5 Å². The number of carboxylic acids is 2. The van der Waals surface area contributed by atoms with E-state index in [1.165, 1.54) is 0 Å². The van der Waals surface area contributed by atoms with E-state index in [9.17, 15) is 24.5 Å². The van der Waals surface area contributed by atoms with Crippen LogP contribution in [0, 0.1) is 10.1 Å². The molecule has 0 aliphatic heterocycles. The lowest BCUT2D eigenvalue weighted by Crippen LogP contribution is -2.42. The van der Waals surface area contributed by atoms with Gasteiger partial charge in [0.2, 0.25) is 0 Å². The SMILES string of the molecule is O=C(O)C[C@@H](NC(=O)c1ccc([N+](=O)[O-])o1)C(=O)O. The third-order valence-corrected chi connectivity index (χ3v) is 1.98. The Balaban J connectivity index is 2.78. The molecule has 0 aromatic carbocycles. The Kier molecular flexibility index (Phi) is 4.19. The summed E-state index contributed by atoms with van der Waals surface area (Å²) in [5, 5.41) is 29.4. The van der Waals surface area contributed by atoms with Crippen molar-refractivity contribution < 1.29 is 33.9 Å². The molecule has 10 heteroatoms. The number of aliphatic carboxylic acids is 2. The Labute approximate surface area is 104 Å². The molecule has 0 bridgehead atoms. The van der Waals surface area contributed by atoms with E-state index >= 15 is 0 Å². The zero-order valence-electron chi connectivity index (χ0n) is 9.23. The first-order valence-corrected chi connectivity index (χ1v) is 4.81. The largest absolute Gasteiger partial charge is 0.481 e. The first-order chi connectivity index (χ1) is 8.81. The van der Waals surface area contributed by atoms with Gasteiger partial charge in [-0.1, -0.05) is 0 Å². The van der Waals surface area contributed by atoms with Gasteiger partial charge in [-0.05, 0) is 6.07 Å². The lowest BCUT2D eigenvalue weighted by molar-refractivity contribution is -0.402. The summed E-state index contributed by atoms with van der Waals surface area (Å²) in [5.41, 5.74) is 0. The predicted octanol–water partition coefficient (Wildman–Crippen LogP) is -0.154. The van der Waals surface area contributed by atoms with Crippen LogP contribution in [0.3, 0.4) is 0 Å². The molecule has 1 atom stereocenters. The summed E-state index contributed by atoms with van der Waals surface area (Å²) in [6.07, 6.45) is -0.829. The highest BCUT2D eigenvalue weighted by molar-refractivity contribution is 5.95. The molecule has 0 fully saturated rings. The quantitative estimate of drug-likeness (QED) is 0.475. The minimum absolute atomic E-state index is 0.483. The Morgan fingerprint density at radius 1 is 1.37 bits per heavy atom. The Morgan fingerprint density at radius 2 is 2.00 bits per heavy atom. The zero-order valence-corrected chi connectivity index (χ0v) is 9.23. The lowest BCUT2D eigenvalue weighted by atomic mass is 10.2. The number of nitro groups is 1. The molecule has 1 aromatic heterocycles. The van der Waals surface area contributed by atoms with Gasteiger partial charge < -0.3 is 19.9 Å². The van der Waals surface area contributed by atoms with Crippen molar-refractivity contribution in [2.75, 3.05) is 0 Å². The van der Waals surface area contributed by atoms with Gasteiger partial charge in [0.15, 0.2) is 5.76 Å². The maximum Gasteiger partial charge on any atom is 0.433 e. The summed E-state index contributed by atoms with van der Waals surface area (Å²) < 4.78 is 4.54. The number of nitrogens with one attached hydrogen (secondary N) is 1. The average Bonchev–Trinajstić information content (AvgIpc) is 2.76. The van der Waals surface area contributed by atoms with E-state index in [0.717, 1.165) is 12.1 Å². The standard InChI is InChI=1S/C9H8N2O8/c12-7(13)3-4(9(15)16)10-8(14)5-1-2-6(19-5)11(17)18/h1-2,4H,3H2,(H,10,14)(H,12,13)(H,15,16)/t4-/m1/s1. The van der Waals surface area contributed by atoms with Crippen molar-refractivity contribution in [3.05, 3.63) is 28.0 Å². The molecule has 0 aliphatic rings. The van der Waals surface area contributed by atoms with Crippen LogP contribution in [0.5, 0.6) is 0 Å². The van der Waals surface area contributed by atoms with E-state index in [2.05, 4.69) is 4.42 Å². The summed E-state index contributed by atoms with van der Waals surface area (Å²) in [6.45, 7) is 0. The van der Waals surface area contributed by atoms with E-state index in [4.69, 9.17) is 10.2 Å². The number of hydrogen-bond acceptors (Lipinski definition) is 6. The summed E-state index contributed by atoms with van der Waals surface area (Å²) in [5.74, 6) is -5.18. The second kappa shape index (κ2) is 5.62. The molecule has 1 heterocycles. The summed E-state index contributed by atoms with van der Waals surface area (Å²) in [7, 11) is 0. The van der Waals surface area contributed by atoms with Gasteiger partial charge in [-0.2, -0.15) is 0 Å². The summed E-state index contributed by atoms with van der Waals surface area (Å²) >= 11 is 0. The number of furan rings is 1. The monoisotopic (exact) mass is 272 g/mol. The topological polar surface area (TPSA) is 160 Å². The molecule has 3 N–H and O–H groups in total. The van der Waals surface area contributed by atoms with Crippen LogP contribution < -0.4 is 5.32 Å². The number of hydrogen-bond donors (Lipinski definition) is 3. The van der Waals surface area contributed by atoms with E-state index < -0.39 is 46.9 Å². The average molecular weight is 272 g/mol. The third kappa shape index (κ3) is 3.80. The zero-order chi connectivity index (χ0) is 14.6. The van der Waals surface area contributed by atoms with Crippen LogP contribution in [0.4, 0.5) is 5.88 Å². The third-order valence-electron chi connectivity index (χ3n) is 1.98. The highest BCUT2D eigenvalue weighted by Gasteiger charge is 2.25. The Bertz CT molecular complexity index is 534. The van der Waals surface area contributed by atoms with Crippen LogP contribution >= 0.6 is 0 Å². The van der Waals surface area contributed by atoms with Gasteiger partial charge in [-0.15, -0.1) is 0 Å². The summed E-state index contributed by atoms with van der Waals surface area (Å²) in [6, 6.07) is 0.240. The number of carbonyl (C=O) groups is 3. The fourth-order valence-electron chi connectivity index (χ4n) is 1.15. The van der Waals surface area contributed by atoms with Crippen molar-refractivity contribution >= 4 is 23.7 Å². The van der Waals surface area contributed by atoms with Crippen LogP contribution in [0.2, 0.25) is 0 Å². The molecule has 0 spiro atoms. The number of rotatable bonds is 6. The Hall–Kier alpha value is -2.91. The van der Waals surface area contributed by atoms with Crippen molar-refractivity contribution in [2.24, 2.45) is 0 Å². The summed E-state index contributed by atoms with van der Waals surface area (Å²) in [4.78, 5) is 42.0. The Morgan fingerprint density at radius 3 is 2.42 bits per heavy atom. The van der Waals surface area contributed by atoms with Gasteiger partial charge in [0.1, 0.15) is 11.0 Å². The van der Waals surface area contributed by atoms with Crippen LogP contribution in [0.25, 0.3) is 0 Å². The smallest absolute Gasteiger partial charge is 0.433 e. The molecule has 0 radical (unpaired) electrons. The molecule has 0 unspecified atom stereocenters. The molecule has 0 saturated carbocycles. The van der Waals surface area contributed by atoms with Gasteiger partial charge in [0, 0.05) is 0 Å². The molecule has 1 amide bonds. The van der Waals surface area contributed by atoms with Crippen LogP contribution in [-0.4, -0.2) is 39.0 Å². The van der Waals surface area contributed by atoms with Crippen molar-refractivity contribution in [3.63, 3.8) is 0 Å². The fourth-order valence-corrected chi connectivity index (χ4v) is 1.15. The first kappa shape index (κ1) is 14.2. The van der Waals surface area contributed by atoms with E-state index in [1.807, 2.05) is 5.32 Å². The number of amides is 1. The van der Waals surface area contributed by atoms with Crippen LogP contribution in [-0.2, 0) is 9.59 Å². The van der Waals surface area contributed by atoms with Crippen molar-refractivity contribution in [1.29, 1.82) is 0 Å². The van der Waals surface area contributed by atoms with Gasteiger partial charge in [0.25, 0.3) is 5.91 Å². The van der Waals surface area contributed by atoms with Gasteiger partial charge in [-0.3, -0.25) is 19.7 Å². The predicted molar refractivity (Wildman–Crippen MR) is 56.5 cm³/mol. The molecule has 1 aromatic rings. The minimum Gasteiger partial charge on any atom is -0.481 e. The first-order valence-electron chi connectivity index (χ1n) is 4.81. The maximum absolute atomic E-state index is 11.5. The van der Waals surface area contributed by atoms with Crippen molar-refractivity contribution in [3.8, 4) is 0 Å². The molecule has 0 aliphatic carbocycles. The molecule has 10 nitrogen and oxygen atoms in total. The highest BCUT2D eigenvalue weighted by atomic mass is 16.6. The van der Waals surface area contributed by atoms with Crippen molar-refractivity contribution in [1.82, 2.24) is 5.32 Å². The second-order valence-corrected chi connectivity index (χ2v) is 3.36. The fraction of sp³-hybridized carbons (Fsp3) is 0.222. The molecule has 19 heavy (non-hydrogen) atoms. The molecule has 0 saturated heterocycles. The van der Waals surface area contributed by atoms with E-state index in [1.54, 1.807) is 0 Å². The molecular formula is C9H8N2O8. The van der Waals surface area contributed by atoms with Crippen LogP contribution in [0.15, 0.2) is 16.5 Å². The molecular weight excluding hydrogens is 264 g/mol. The maximum atomic E-state index is 11.5. The lowest BCUT2D eigenvalue weighted by Gasteiger charge is -2.10. The van der Waals surface area contributed by atoms with E-state index in [0.29, 0.717) is 0 Å². The number of carbonyl (C=O) groups excluding carboxylic acids is 1. The minimum atomic E-state index is -1.66. The number of nitrogens with zero attached hydrogens (tertiary/aromatic N) is 1. The molecule has 102 valence electrons. The van der Waals surface area contributed by atoms with Crippen LogP contribution in [0.1, 0.15) is 17.0 Å². The second-order valence-electron chi connectivity index (χ2n) is 3.36. The number of carboxylic acid groups (broad SMARTS) is 2. The van der Waals surface area contributed by atoms with E-state index in [-0.39, 0.29) is 0 Å². The highest BCUT2D eigenvalue weighted by Crippen LogP contribution is 2.15. The molecule has 1 rings (SSSR count). The van der Waals surface area contributed by atoms with Crippen molar-refractivity contribution in [2.45, 2.75) is 12.5 Å². The van der Waals surface area contributed by atoms with Gasteiger partial charge >= 0.3 is 17.8 Å².